The van der Waals surface area contributed by atoms with Crippen LogP contribution in [0.3, 0.4) is 0 Å². The highest BCUT2D eigenvalue weighted by Crippen LogP contribution is 2.37. The standard InChI is InChI=1S/C14H10F3N3/c1-9-4-5-11(14(15,16)17)12(19-9)10-3-2-7-20-8-6-18-13(10)20/h2-8H,1H3. The summed E-state index contributed by atoms with van der Waals surface area (Å²) >= 11 is 0. The summed E-state index contributed by atoms with van der Waals surface area (Å²) in [6, 6.07) is 5.69. The van der Waals surface area contributed by atoms with Crippen LogP contribution in [-0.2, 0) is 6.18 Å². The van der Waals surface area contributed by atoms with Crippen LogP contribution in [0, 0.1) is 6.92 Å². The van der Waals surface area contributed by atoms with Crippen molar-refractivity contribution < 1.29 is 13.2 Å². The fraction of sp³-hybridized carbons (Fsp3) is 0.143. The van der Waals surface area contributed by atoms with Gasteiger partial charge in [0.2, 0.25) is 0 Å². The lowest BCUT2D eigenvalue weighted by atomic mass is 10.1. The second-order valence-corrected chi connectivity index (χ2v) is 4.43. The van der Waals surface area contributed by atoms with Crippen LogP contribution in [0.2, 0.25) is 0 Å². The van der Waals surface area contributed by atoms with E-state index in [1.54, 1.807) is 42.0 Å². The summed E-state index contributed by atoms with van der Waals surface area (Å²) < 4.78 is 41.0. The summed E-state index contributed by atoms with van der Waals surface area (Å²) in [5.41, 5.74) is 0.514. The molecule has 0 unspecified atom stereocenters. The van der Waals surface area contributed by atoms with E-state index >= 15 is 0 Å². The minimum absolute atomic E-state index is 0.0886. The molecule has 0 saturated heterocycles. The van der Waals surface area contributed by atoms with Crippen LogP contribution in [0.1, 0.15) is 11.3 Å². The fourth-order valence-electron chi connectivity index (χ4n) is 2.12. The lowest BCUT2D eigenvalue weighted by Gasteiger charge is -2.13. The molecular formula is C14H10F3N3. The van der Waals surface area contributed by atoms with E-state index in [4.69, 9.17) is 0 Å². The van der Waals surface area contributed by atoms with Gasteiger partial charge in [-0.2, -0.15) is 13.2 Å². The Balaban J connectivity index is 2.34. The molecule has 3 nitrogen and oxygen atoms in total. The molecule has 0 N–H and O–H groups in total. The molecule has 0 saturated carbocycles. The predicted octanol–water partition coefficient (Wildman–Crippen LogP) is 3.72. The SMILES string of the molecule is Cc1ccc(C(F)(F)F)c(-c2cccn3ccnc23)n1. The monoisotopic (exact) mass is 277 g/mol. The second-order valence-electron chi connectivity index (χ2n) is 4.43. The van der Waals surface area contributed by atoms with Crippen molar-refractivity contribution in [2.24, 2.45) is 0 Å². The number of rotatable bonds is 1. The van der Waals surface area contributed by atoms with Crippen LogP contribution in [0.4, 0.5) is 13.2 Å². The van der Waals surface area contributed by atoms with Crippen molar-refractivity contribution >= 4 is 5.65 Å². The number of hydrogen-bond acceptors (Lipinski definition) is 2. The largest absolute Gasteiger partial charge is 0.418 e. The molecule has 102 valence electrons. The zero-order valence-corrected chi connectivity index (χ0v) is 10.5. The summed E-state index contributed by atoms with van der Waals surface area (Å²) in [6.07, 6.45) is 0.508. The van der Waals surface area contributed by atoms with Crippen LogP contribution >= 0.6 is 0 Å². The Hall–Kier alpha value is -2.37. The molecule has 0 amide bonds. The van der Waals surface area contributed by atoms with Crippen LogP contribution in [0.25, 0.3) is 16.9 Å². The van der Waals surface area contributed by atoms with Crippen LogP contribution in [0.15, 0.2) is 42.9 Å². The van der Waals surface area contributed by atoms with Crippen molar-refractivity contribution in [2.45, 2.75) is 13.1 Å². The molecule has 3 aromatic rings. The Morgan fingerprint density at radius 1 is 1.10 bits per heavy atom. The Labute approximate surface area is 112 Å². The molecule has 0 spiro atoms. The summed E-state index contributed by atoms with van der Waals surface area (Å²) in [4.78, 5) is 8.17. The lowest BCUT2D eigenvalue weighted by Crippen LogP contribution is -2.09. The number of nitrogens with zero attached hydrogens (tertiary/aromatic N) is 3. The topological polar surface area (TPSA) is 30.2 Å². The number of aryl methyl sites for hydroxylation is 1. The minimum Gasteiger partial charge on any atom is -0.307 e. The number of halogens is 3. The van der Waals surface area contributed by atoms with E-state index < -0.39 is 11.7 Å². The Morgan fingerprint density at radius 3 is 2.65 bits per heavy atom. The van der Waals surface area contributed by atoms with Crippen molar-refractivity contribution in [1.29, 1.82) is 0 Å². The third-order valence-corrected chi connectivity index (χ3v) is 3.01. The first kappa shape index (κ1) is 12.7. The normalized spacial score (nSPS) is 12.0. The van der Waals surface area contributed by atoms with Gasteiger partial charge in [-0.25, -0.2) is 4.98 Å². The average Bonchev–Trinajstić information content (AvgIpc) is 2.85. The van der Waals surface area contributed by atoms with Gasteiger partial charge >= 0.3 is 6.18 Å². The molecule has 0 radical (unpaired) electrons. The van der Waals surface area contributed by atoms with Gasteiger partial charge in [-0.15, -0.1) is 0 Å². The molecule has 0 aliphatic heterocycles. The van der Waals surface area contributed by atoms with Crippen LogP contribution < -0.4 is 0 Å². The van der Waals surface area contributed by atoms with Crippen LogP contribution in [0.5, 0.6) is 0 Å². The molecule has 3 heterocycles. The Morgan fingerprint density at radius 2 is 1.90 bits per heavy atom. The number of alkyl halides is 3. The molecule has 3 rings (SSSR count). The summed E-state index contributed by atoms with van der Waals surface area (Å²) in [5, 5.41) is 0. The first-order chi connectivity index (χ1) is 9.47. The Bertz CT molecular complexity index is 775. The molecular weight excluding hydrogens is 267 g/mol. The predicted molar refractivity (Wildman–Crippen MR) is 68.2 cm³/mol. The molecule has 0 bridgehead atoms. The molecule has 0 fully saturated rings. The highest BCUT2D eigenvalue weighted by atomic mass is 19.4. The van der Waals surface area contributed by atoms with E-state index in [1.807, 2.05) is 0 Å². The number of hydrogen-bond donors (Lipinski definition) is 0. The fourth-order valence-corrected chi connectivity index (χ4v) is 2.12. The maximum atomic E-state index is 13.1. The molecule has 6 heteroatoms. The average molecular weight is 277 g/mol. The summed E-state index contributed by atoms with van der Waals surface area (Å²) in [7, 11) is 0. The van der Waals surface area contributed by atoms with Gasteiger partial charge in [0.05, 0.1) is 11.3 Å². The lowest BCUT2D eigenvalue weighted by molar-refractivity contribution is -0.137. The van der Waals surface area contributed by atoms with E-state index in [9.17, 15) is 13.2 Å². The quantitative estimate of drug-likeness (QED) is 0.678. The molecule has 0 aromatic carbocycles. The van der Waals surface area contributed by atoms with E-state index in [2.05, 4.69) is 9.97 Å². The van der Waals surface area contributed by atoms with Crippen molar-refractivity contribution in [1.82, 2.24) is 14.4 Å². The zero-order chi connectivity index (χ0) is 14.3. The van der Waals surface area contributed by atoms with Gasteiger partial charge in [0.1, 0.15) is 5.65 Å². The first-order valence-corrected chi connectivity index (χ1v) is 5.94. The molecule has 0 atom stereocenters. The van der Waals surface area contributed by atoms with Gasteiger partial charge < -0.3 is 4.40 Å². The molecule has 3 aromatic heterocycles. The van der Waals surface area contributed by atoms with Crippen LogP contribution in [-0.4, -0.2) is 14.4 Å². The van der Waals surface area contributed by atoms with Gasteiger partial charge in [0.25, 0.3) is 0 Å². The zero-order valence-electron chi connectivity index (χ0n) is 10.5. The highest BCUT2D eigenvalue weighted by Gasteiger charge is 2.35. The van der Waals surface area contributed by atoms with Gasteiger partial charge in [-0.3, -0.25) is 4.98 Å². The van der Waals surface area contributed by atoms with Gasteiger partial charge in [-0.05, 0) is 31.2 Å². The number of imidazole rings is 1. The number of fused-ring (bicyclic) bond motifs is 1. The number of aromatic nitrogens is 3. The Kier molecular flexibility index (Phi) is 2.74. The molecule has 0 aliphatic carbocycles. The van der Waals surface area contributed by atoms with Crippen molar-refractivity contribution in [2.75, 3.05) is 0 Å². The van der Waals surface area contributed by atoms with Gasteiger partial charge in [0, 0.05) is 29.8 Å². The summed E-state index contributed by atoms with van der Waals surface area (Å²) in [5.74, 6) is 0. The highest BCUT2D eigenvalue weighted by molar-refractivity contribution is 5.77. The van der Waals surface area contributed by atoms with E-state index in [0.29, 0.717) is 16.9 Å². The minimum atomic E-state index is -4.45. The maximum Gasteiger partial charge on any atom is 0.418 e. The van der Waals surface area contributed by atoms with E-state index in [-0.39, 0.29) is 5.69 Å². The third kappa shape index (κ3) is 2.03. The number of pyridine rings is 2. The first-order valence-electron chi connectivity index (χ1n) is 5.94. The van der Waals surface area contributed by atoms with E-state index in [1.165, 1.54) is 6.07 Å². The maximum absolute atomic E-state index is 13.1. The molecule has 20 heavy (non-hydrogen) atoms. The smallest absolute Gasteiger partial charge is 0.307 e. The molecule has 0 aliphatic rings. The van der Waals surface area contributed by atoms with E-state index in [0.717, 1.165) is 6.07 Å². The van der Waals surface area contributed by atoms with Gasteiger partial charge in [0.15, 0.2) is 0 Å². The van der Waals surface area contributed by atoms with Crippen molar-refractivity contribution in [3.05, 3.63) is 54.1 Å². The second kappa shape index (κ2) is 4.33. The summed E-state index contributed by atoms with van der Waals surface area (Å²) in [6.45, 7) is 1.66. The van der Waals surface area contributed by atoms with Crippen molar-refractivity contribution in [3.8, 4) is 11.3 Å². The third-order valence-electron chi connectivity index (χ3n) is 3.01. The van der Waals surface area contributed by atoms with Crippen molar-refractivity contribution in [3.63, 3.8) is 0 Å². The van der Waals surface area contributed by atoms with Gasteiger partial charge in [-0.1, -0.05) is 0 Å².